The van der Waals surface area contributed by atoms with E-state index >= 15 is 0 Å². The van der Waals surface area contributed by atoms with E-state index in [2.05, 4.69) is 44.9 Å². The van der Waals surface area contributed by atoms with Gasteiger partial charge in [0.25, 0.3) is 0 Å². The number of carbonyl (C=O) groups is 1. The van der Waals surface area contributed by atoms with Crippen LogP contribution in [0.15, 0.2) is 53.7 Å². The second-order valence-electron chi connectivity index (χ2n) is 6.25. The highest BCUT2D eigenvalue weighted by Gasteiger charge is 2.11. The molecule has 0 bridgehead atoms. The Hall–Kier alpha value is -2.47. The molecule has 0 radical (unpaired) electrons. The minimum Gasteiger partial charge on any atom is -0.378 e. The summed E-state index contributed by atoms with van der Waals surface area (Å²) in [4.78, 5) is 18.9. The van der Waals surface area contributed by atoms with E-state index in [-0.39, 0.29) is 5.91 Å². The smallest absolute Gasteiger partial charge is 0.230 e. The third-order valence-electron chi connectivity index (χ3n) is 4.21. The summed E-state index contributed by atoms with van der Waals surface area (Å²) in [6.07, 6.45) is 0. The maximum absolute atomic E-state index is 12.2. The van der Waals surface area contributed by atoms with Crippen molar-refractivity contribution in [2.75, 3.05) is 24.7 Å². The molecule has 0 aliphatic carbocycles. The van der Waals surface area contributed by atoms with Crippen LogP contribution in [0.3, 0.4) is 0 Å². The molecule has 1 amide bonds. The number of anilines is 1. The Morgan fingerprint density at radius 2 is 1.88 bits per heavy atom. The quantitative estimate of drug-likeness (QED) is 0.648. The molecule has 3 aromatic rings. The lowest BCUT2D eigenvalue weighted by atomic mass is 10.2. The van der Waals surface area contributed by atoms with Crippen LogP contribution in [0.4, 0.5) is 5.69 Å². The normalized spacial score (nSPS) is 10.9. The number of nitrogens with zero attached hydrogens (tertiary/aromatic N) is 3. The molecular formula is C20H24N4OS. The summed E-state index contributed by atoms with van der Waals surface area (Å²) >= 11 is 1.48. The highest BCUT2D eigenvalue weighted by molar-refractivity contribution is 7.99. The van der Waals surface area contributed by atoms with Crippen LogP contribution in [0.1, 0.15) is 12.5 Å². The van der Waals surface area contributed by atoms with Crippen molar-refractivity contribution in [2.45, 2.75) is 25.2 Å². The molecule has 0 aliphatic heterocycles. The minimum absolute atomic E-state index is 0.0152. The van der Waals surface area contributed by atoms with Gasteiger partial charge in [-0.1, -0.05) is 36.0 Å². The molecule has 0 saturated carbocycles. The summed E-state index contributed by atoms with van der Waals surface area (Å²) < 4.78 is 2.15. The lowest BCUT2D eigenvalue weighted by Crippen LogP contribution is -2.24. The molecule has 0 atom stereocenters. The number of amides is 1. The van der Waals surface area contributed by atoms with E-state index in [1.54, 1.807) is 0 Å². The van der Waals surface area contributed by atoms with E-state index < -0.39 is 0 Å². The van der Waals surface area contributed by atoms with Crippen molar-refractivity contribution in [3.8, 4) is 0 Å². The van der Waals surface area contributed by atoms with Gasteiger partial charge in [0.1, 0.15) is 0 Å². The monoisotopic (exact) mass is 368 g/mol. The fourth-order valence-electron chi connectivity index (χ4n) is 2.76. The van der Waals surface area contributed by atoms with Crippen LogP contribution in [0, 0.1) is 0 Å². The molecule has 0 fully saturated rings. The summed E-state index contributed by atoms with van der Waals surface area (Å²) in [5.74, 6) is 0.375. The van der Waals surface area contributed by atoms with E-state index in [0.29, 0.717) is 12.3 Å². The van der Waals surface area contributed by atoms with Gasteiger partial charge in [-0.05, 0) is 36.8 Å². The fourth-order valence-corrected chi connectivity index (χ4v) is 3.67. The maximum atomic E-state index is 12.2. The largest absolute Gasteiger partial charge is 0.378 e. The number of hydrogen-bond donors (Lipinski definition) is 1. The van der Waals surface area contributed by atoms with Gasteiger partial charge in [-0.2, -0.15) is 0 Å². The Balaban J connectivity index is 1.56. The van der Waals surface area contributed by atoms with Crippen molar-refractivity contribution in [3.05, 3.63) is 54.1 Å². The van der Waals surface area contributed by atoms with Crippen molar-refractivity contribution in [2.24, 2.45) is 0 Å². The van der Waals surface area contributed by atoms with Gasteiger partial charge in [0.15, 0.2) is 5.16 Å². The Bertz CT molecular complexity index is 886. The molecule has 0 aliphatic rings. The number of carbonyl (C=O) groups excluding carboxylic acids is 1. The Morgan fingerprint density at radius 3 is 2.58 bits per heavy atom. The second-order valence-corrected chi connectivity index (χ2v) is 7.20. The van der Waals surface area contributed by atoms with Gasteiger partial charge in [0.2, 0.25) is 5.91 Å². The summed E-state index contributed by atoms with van der Waals surface area (Å²) in [6.45, 7) is 3.47. The van der Waals surface area contributed by atoms with Crippen molar-refractivity contribution in [1.29, 1.82) is 0 Å². The lowest BCUT2D eigenvalue weighted by Gasteiger charge is -2.13. The first kappa shape index (κ1) is 18.3. The van der Waals surface area contributed by atoms with Crippen molar-refractivity contribution < 1.29 is 4.79 Å². The van der Waals surface area contributed by atoms with Crippen LogP contribution < -0.4 is 10.2 Å². The number of hydrogen-bond acceptors (Lipinski definition) is 4. The van der Waals surface area contributed by atoms with Crippen molar-refractivity contribution in [3.63, 3.8) is 0 Å². The number of imidazole rings is 1. The molecule has 1 heterocycles. The molecular weight excluding hydrogens is 344 g/mol. The maximum Gasteiger partial charge on any atom is 0.230 e. The molecule has 2 aromatic carbocycles. The lowest BCUT2D eigenvalue weighted by molar-refractivity contribution is -0.118. The summed E-state index contributed by atoms with van der Waals surface area (Å²) in [5.41, 5.74) is 4.32. The summed E-state index contributed by atoms with van der Waals surface area (Å²) in [6, 6.07) is 16.3. The third kappa shape index (κ3) is 4.19. The van der Waals surface area contributed by atoms with Gasteiger partial charge in [0.05, 0.1) is 16.8 Å². The van der Waals surface area contributed by atoms with E-state index in [9.17, 15) is 4.79 Å². The zero-order valence-electron chi connectivity index (χ0n) is 15.4. The number of para-hydroxylation sites is 2. The highest BCUT2D eigenvalue weighted by atomic mass is 32.2. The predicted molar refractivity (Wildman–Crippen MR) is 109 cm³/mol. The molecule has 136 valence electrons. The first-order chi connectivity index (χ1) is 12.6. The molecule has 3 rings (SSSR count). The topological polar surface area (TPSA) is 50.2 Å². The van der Waals surface area contributed by atoms with Crippen LogP contribution >= 0.6 is 11.8 Å². The fraction of sp³-hybridized carbons (Fsp3) is 0.300. The van der Waals surface area contributed by atoms with Crippen molar-refractivity contribution in [1.82, 2.24) is 14.9 Å². The Labute approximate surface area is 158 Å². The van der Waals surface area contributed by atoms with Gasteiger partial charge < -0.3 is 14.8 Å². The number of nitrogens with one attached hydrogen (secondary N) is 1. The number of aryl methyl sites for hydroxylation is 1. The molecule has 0 unspecified atom stereocenters. The molecule has 5 nitrogen and oxygen atoms in total. The van der Waals surface area contributed by atoms with Gasteiger partial charge in [-0.25, -0.2) is 4.98 Å². The molecule has 0 spiro atoms. The van der Waals surface area contributed by atoms with Crippen LogP contribution in [-0.2, 0) is 17.9 Å². The molecule has 6 heteroatoms. The number of thioether (sulfide) groups is 1. The zero-order chi connectivity index (χ0) is 18.5. The number of benzene rings is 2. The molecule has 1 aromatic heterocycles. The number of rotatable bonds is 7. The van der Waals surface area contributed by atoms with Crippen molar-refractivity contribution >= 4 is 34.4 Å². The van der Waals surface area contributed by atoms with Gasteiger partial charge in [-0.15, -0.1) is 0 Å². The first-order valence-electron chi connectivity index (χ1n) is 8.69. The molecule has 1 N–H and O–H groups in total. The summed E-state index contributed by atoms with van der Waals surface area (Å²) in [7, 11) is 4.02. The average Bonchev–Trinajstić information content (AvgIpc) is 3.02. The molecule has 26 heavy (non-hydrogen) atoms. The Morgan fingerprint density at radius 1 is 1.15 bits per heavy atom. The number of fused-ring (bicyclic) bond motifs is 1. The number of aromatic nitrogens is 2. The Kier molecular flexibility index (Phi) is 5.83. The zero-order valence-corrected chi connectivity index (χ0v) is 16.2. The van der Waals surface area contributed by atoms with Crippen LogP contribution in [0.5, 0.6) is 0 Å². The second kappa shape index (κ2) is 8.27. The van der Waals surface area contributed by atoms with E-state index in [4.69, 9.17) is 0 Å². The van der Waals surface area contributed by atoms with Gasteiger partial charge in [-0.3, -0.25) is 4.79 Å². The molecule has 0 saturated heterocycles. The van der Waals surface area contributed by atoms with Crippen LogP contribution in [0.25, 0.3) is 11.0 Å². The van der Waals surface area contributed by atoms with Gasteiger partial charge >= 0.3 is 0 Å². The standard InChI is InChI=1S/C20H24N4OS/c1-4-24-18-8-6-5-7-17(18)22-20(24)26-14-19(25)21-13-15-9-11-16(12-10-15)23(2)3/h5-12H,4,13-14H2,1-3H3,(H,21,25). The van der Waals surface area contributed by atoms with Crippen LogP contribution in [0.2, 0.25) is 0 Å². The highest BCUT2D eigenvalue weighted by Crippen LogP contribution is 2.23. The summed E-state index contributed by atoms with van der Waals surface area (Å²) in [5, 5.41) is 3.87. The average molecular weight is 369 g/mol. The van der Waals surface area contributed by atoms with Crippen LogP contribution in [-0.4, -0.2) is 35.3 Å². The first-order valence-corrected chi connectivity index (χ1v) is 9.68. The SMILES string of the molecule is CCn1c(SCC(=O)NCc2ccc(N(C)C)cc2)nc2ccccc21. The van der Waals surface area contributed by atoms with E-state index in [1.807, 2.05) is 44.4 Å². The van der Waals surface area contributed by atoms with Gasteiger partial charge in [0, 0.05) is 32.9 Å². The van der Waals surface area contributed by atoms with E-state index in [1.165, 1.54) is 11.8 Å². The predicted octanol–water partition coefficient (Wildman–Crippen LogP) is 3.53. The van der Waals surface area contributed by atoms with E-state index in [0.717, 1.165) is 34.0 Å². The third-order valence-corrected chi connectivity index (χ3v) is 5.19. The minimum atomic E-state index is 0.0152.